The van der Waals surface area contributed by atoms with Crippen LogP contribution in [-0.4, -0.2) is 17.8 Å². The number of ether oxygens (including phenoxy) is 1. The first-order valence-electron chi connectivity index (χ1n) is 6.54. The molecule has 104 valence electrons. The highest BCUT2D eigenvalue weighted by Crippen LogP contribution is 2.08. The molecule has 0 amide bonds. The maximum absolute atomic E-state index is 5.67. The van der Waals surface area contributed by atoms with Gasteiger partial charge in [-0.15, -0.1) is 0 Å². The summed E-state index contributed by atoms with van der Waals surface area (Å²) in [6, 6.07) is 19.7. The zero-order valence-corrected chi connectivity index (χ0v) is 12.2. The summed E-state index contributed by atoms with van der Waals surface area (Å²) in [6.45, 7) is 2.59. The highest BCUT2D eigenvalue weighted by atomic mass is 32.1. The Bertz CT molecular complexity index is 531. The number of rotatable bonds is 5. The lowest BCUT2D eigenvalue weighted by molar-refractivity contribution is 0.287. The molecular weight excluding hydrogens is 268 g/mol. The van der Waals surface area contributed by atoms with E-state index in [-0.39, 0.29) is 6.04 Å². The Kier molecular flexibility index (Phi) is 5.38. The lowest BCUT2D eigenvalue weighted by Gasteiger charge is -2.17. The van der Waals surface area contributed by atoms with Crippen molar-refractivity contribution in [2.75, 3.05) is 11.9 Å². The SMILES string of the molecule is C[C@@H](COc1ccccc1)NC(=S)Nc1ccccc1. The number of anilines is 1. The van der Waals surface area contributed by atoms with Crippen molar-refractivity contribution in [3.63, 3.8) is 0 Å². The second kappa shape index (κ2) is 7.50. The summed E-state index contributed by atoms with van der Waals surface area (Å²) >= 11 is 5.27. The first-order valence-corrected chi connectivity index (χ1v) is 6.95. The van der Waals surface area contributed by atoms with Crippen LogP contribution in [0.5, 0.6) is 5.75 Å². The number of hydrogen-bond donors (Lipinski definition) is 2. The number of thiocarbonyl (C=S) groups is 1. The molecular formula is C16H18N2OS. The van der Waals surface area contributed by atoms with Crippen LogP contribution in [0, 0.1) is 0 Å². The van der Waals surface area contributed by atoms with E-state index in [0.29, 0.717) is 11.7 Å². The summed E-state index contributed by atoms with van der Waals surface area (Å²) in [4.78, 5) is 0. The molecule has 0 saturated heterocycles. The number of para-hydroxylation sites is 2. The van der Waals surface area contributed by atoms with Crippen molar-refractivity contribution in [1.29, 1.82) is 0 Å². The first-order chi connectivity index (χ1) is 9.74. The molecule has 2 aromatic carbocycles. The van der Waals surface area contributed by atoms with E-state index in [1.165, 1.54) is 0 Å². The summed E-state index contributed by atoms with van der Waals surface area (Å²) in [6.07, 6.45) is 0. The molecule has 0 aliphatic heterocycles. The zero-order chi connectivity index (χ0) is 14.2. The minimum absolute atomic E-state index is 0.124. The van der Waals surface area contributed by atoms with Gasteiger partial charge in [0.1, 0.15) is 12.4 Å². The van der Waals surface area contributed by atoms with Crippen LogP contribution >= 0.6 is 12.2 Å². The van der Waals surface area contributed by atoms with Gasteiger partial charge in [-0.05, 0) is 43.4 Å². The summed E-state index contributed by atoms with van der Waals surface area (Å²) in [7, 11) is 0. The van der Waals surface area contributed by atoms with E-state index in [9.17, 15) is 0 Å². The maximum atomic E-state index is 5.67. The molecule has 2 aromatic rings. The van der Waals surface area contributed by atoms with Crippen LogP contribution in [0.1, 0.15) is 6.92 Å². The molecule has 1 atom stereocenters. The van der Waals surface area contributed by atoms with Gasteiger partial charge < -0.3 is 15.4 Å². The fraction of sp³-hybridized carbons (Fsp3) is 0.188. The standard InChI is InChI=1S/C16H18N2OS/c1-13(12-19-15-10-6-3-7-11-15)17-16(20)18-14-8-4-2-5-9-14/h2-11,13H,12H2,1H3,(H2,17,18,20)/t13-/m0/s1. The Morgan fingerprint density at radius 1 is 1.05 bits per heavy atom. The van der Waals surface area contributed by atoms with Crippen LogP contribution in [0.15, 0.2) is 60.7 Å². The molecule has 0 radical (unpaired) electrons. The average Bonchev–Trinajstić information content (AvgIpc) is 2.47. The Morgan fingerprint density at radius 3 is 2.30 bits per heavy atom. The molecule has 4 heteroatoms. The molecule has 0 spiro atoms. The van der Waals surface area contributed by atoms with E-state index < -0.39 is 0 Å². The van der Waals surface area contributed by atoms with Crippen molar-refractivity contribution in [1.82, 2.24) is 5.32 Å². The quantitative estimate of drug-likeness (QED) is 0.825. The normalized spacial score (nSPS) is 11.4. The highest BCUT2D eigenvalue weighted by molar-refractivity contribution is 7.80. The van der Waals surface area contributed by atoms with Crippen LogP contribution in [0.4, 0.5) is 5.69 Å². The van der Waals surface area contributed by atoms with Crippen molar-refractivity contribution >= 4 is 23.0 Å². The number of benzene rings is 2. The van der Waals surface area contributed by atoms with Gasteiger partial charge in [-0.25, -0.2) is 0 Å². The molecule has 0 unspecified atom stereocenters. The third kappa shape index (κ3) is 4.90. The predicted molar refractivity (Wildman–Crippen MR) is 87.2 cm³/mol. The van der Waals surface area contributed by atoms with Gasteiger partial charge >= 0.3 is 0 Å². The summed E-state index contributed by atoms with van der Waals surface area (Å²) in [5, 5.41) is 6.93. The Labute approximate surface area is 125 Å². The van der Waals surface area contributed by atoms with Gasteiger partial charge in [0.05, 0.1) is 6.04 Å². The largest absolute Gasteiger partial charge is 0.491 e. The molecule has 0 saturated carbocycles. The van der Waals surface area contributed by atoms with E-state index in [0.717, 1.165) is 11.4 Å². The van der Waals surface area contributed by atoms with Crippen molar-refractivity contribution in [3.05, 3.63) is 60.7 Å². The van der Waals surface area contributed by atoms with Gasteiger partial charge in [0.25, 0.3) is 0 Å². The molecule has 20 heavy (non-hydrogen) atoms. The third-order valence-electron chi connectivity index (χ3n) is 2.65. The second-order valence-corrected chi connectivity index (χ2v) is 4.90. The third-order valence-corrected chi connectivity index (χ3v) is 2.87. The van der Waals surface area contributed by atoms with Crippen LogP contribution < -0.4 is 15.4 Å². The molecule has 3 nitrogen and oxygen atoms in total. The molecule has 2 N–H and O–H groups in total. The summed E-state index contributed by atoms with van der Waals surface area (Å²) in [5.41, 5.74) is 0.973. The van der Waals surface area contributed by atoms with Crippen molar-refractivity contribution < 1.29 is 4.74 Å². The van der Waals surface area contributed by atoms with E-state index >= 15 is 0 Å². The zero-order valence-electron chi connectivity index (χ0n) is 11.4. The molecule has 0 aliphatic carbocycles. The molecule has 0 aromatic heterocycles. The Balaban J connectivity index is 1.74. The van der Waals surface area contributed by atoms with Gasteiger partial charge in [-0.1, -0.05) is 36.4 Å². The minimum Gasteiger partial charge on any atom is -0.491 e. The van der Waals surface area contributed by atoms with Crippen molar-refractivity contribution in [2.45, 2.75) is 13.0 Å². The fourth-order valence-electron chi connectivity index (χ4n) is 1.69. The molecule has 2 rings (SSSR count). The topological polar surface area (TPSA) is 33.3 Å². The Morgan fingerprint density at radius 2 is 1.65 bits per heavy atom. The highest BCUT2D eigenvalue weighted by Gasteiger charge is 2.05. The van der Waals surface area contributed by atoms with Crippen molar-refractivity contribution in [2.24, 2.45) is 0 Å². The average molecular weight is 286 g/mol. The van der Waals surface area contributed by atoms with Gasteiger partial charge in [0, 0.05) is 5.69 Å². The van der Waals surface area contributed by atoms with Gasteiger partial charge in [0.2, 0.25) is 0 Å². The minimum atomic E-state index is 0.124. The van der Waals surface area contributed by atoms with Gasteiger partial charge in [-0.3, -0.25) is 0 Å². The monoisotopic (exact) mass is 286 g/mol. The number of nitrogens with one attached hydrogen (secondary N) is 2. The lowest BCUT2D eigenvalue weighted by atomic mass is 10.3. The molecule has 0 aliphatic rings. The second-order valence-electron chi connectivity index (χ2n) is 4.49. The van der Waals surface area contributed by atoms with E-state index in [4.69, 9.17) is 17.0 Å². The number of hydrogen-bond acceptors (Lipinski definition) is 2. The van der Waals surface area contributed by atoms with Gasteiger partial charge in [-0.2, -0.15) is 0 Å². The van der Waals surface area contributed by atoms with Crippen LogP contribution in [0.2, 0.25) is 0 Å². The molecule has 0 heterocycles. The maximum Gasteiger partial charge on any atom is 0.171 e. The smallest absolute Gasteiger partial charge is 0.171 e. The van der Waals surface area contributed by atoms with Crippen molar-refractivity contribution in [3.8, 4) is 5.75 Å². The van der Waals surface area contributed by atoms with E-state index in [2.05, 4.69) is 10.6 Å². The molecule has 0 fully saturated rings. The predicted octanol–water partition coefficient (Wildman–Crippen LogP) is 3.44. The Hall–Kier alpha value is -2.07. The van der Waals surface area contributed by atoms with E-state index in [1.807, 2.05) is 67.6 Å². The fourth-order valence-corrected chi connectivity index (χ4v) is 2.01. The lowest BCUT2D eigenvalue weighted by Crippen LogP contribution is -2.39. The molecule has 0 bridgehead atoms. The van der Waals surface area contributed by atoms with Crippen LogP contribution in [0.25, 0.3) is 0 Å². The summed E-state index contributed by atoms with van der Waals surface area (Å²) < 4.78 is 5.67. The first kappa shape index (κ1) is 14.3. The van der Waals surface area contributed by atoms with Crippen LogP contribution in [0.3, 0.4) is 0 Å². The van der Waals surface area contributed by atoms with Crippen LogP contribution in [-0.2, 0) is 0 Å². The summed E-state index contributed by atoms with van der Waals surface area (Å²) in [5.74, 6) is 0.864. The van der Waals surface area contributed by atoms with E-state index in [1.54, 1.807) is 0 Å². The van der Waals surface area contributed by atoms with Gasteiger partial charge in [0.15, 0.2) is 5.11 Å².